The molecule has 0 aromatic carbocycles. The molecule has 0 radical (unpaired) electrons. The molecule has 1 rings (SSSR count). The summed E-state index contributed by atoms with van der Waals surface area (Å²) >= 11 is 0. The van der Waals surface area contributed by atoms with Crippen LogP contribution in [0.2, 0.25) is 0 Å². The van der Waals surface area contributed by atoms with Gasteiger partial charge in [0.15, 0.2) is 0 Å². The third kappa shape index (κ3) is 7.31. The highest BCUT2D eigenvalue weighted by Crippen LogP contribution is 2.12. The summed E-state index contributed by atoms with van der Waals surface area (Å²) < 4.78 is 0. The summed E-state index contributed by atoms with van der Waals surface area (Å²) in [6.45, 7) is 15.9. The van der Waals surface area contributed by atoms with Gasteiger partial charge in [-0.3, -0.25) is 4.90 Å². The van der Waals surface area contributed by atoms with E-state index >= 15 is 0 Å². The molecule has 0 bridgehead atoms. The van der Waals surface area contributed by atoms with Crippen LogP contribution in [0.25, 0.3) is 0 Å². The fourth-order valence-corrected chi connectivity index (χ4v) is 2.28. The van der Waals surface area contributed by atoms with E-state index in [4.69, 9.17) is 0 Å². The Bertz CT molecular complexity index is 186. The lowest BCUT2D eigenvalue weighted by molar-refractivity contribution is 0.135. The fourth-order valence-electron chi connectivity index (χ4n) is 2.28. The molecule has 0 aromatic rings. The van der Waals surface area contributed by atoms with E-state index in [-0.39, 0.29) is 5.54 Å². The van der Waals surface area contributed by atoms with Crippen LogP contribution in [0.15, 0.2) is 0 Å². The summed E-state index contributed by atoms with van der Waals surface area (Å²) in [6, 6.07) is 0. The Hall–Kier alpha value is -0.160. The van der Waals surface area contributed by atoms with Crippen LogP contribution < -0.4 is 16.0 Å². The van der Waals surface area contributed by atoms with Crippen LogP contribution in [0.5, 0.6) is 0 Å². The van der Waals surface area contributed by atoms with Crippen molar-refractivity contribution in [1.29, 1.82) is 0 Å². The molecule has 108 valence electrons. The van der Waals surface area contributed by atoms with E-state index in [1.54, 1.807) is 0 Å². The van der Waals surface area contributed by atoms with Crippen LogP contribution in [0.1, 0.15) is 33.6 Å². The zero-order valence-corrected chi connectivity index (χ0v) is 12.5. The molecule has 0 amide bonds. The van der Waals surface area contributed by atoms with Gasteiger partial charge in [-0.05, 0) is 59.8 Å². The predicted molar refractivity (Wildman–Crippen MR) is 79.2 cm³/mol. The first-order chi connectivity index (χ1) is 8.61. The maximum atomic E-state index is 3.54. The standard InChI is InChI=1S/C14H32N4/c1-14(2,3)18-12-5-8-16-10-9-15-6-4-7-17-11-13-18/h15-17H,4-13H2,1-3H3. The van der Waals surface area contributed by atoms with Crippen molar-refractivity contribution >= 4 is 0 Å². The molecule has 4 heteroatoms. The highest BCUT2D eigenvalue weighted by molar-refractivity contribution is 4.77. The van der Waals surface area contributed by atoms with Crippen LogP contribution in [0, 0.1) is 0 Å². The lowest BCUT2D eigenvalue weighted by Gasteiger charge is -2.36. The van der Waals surface area contributed by atoms with Gasteiger partial charge in [0.25, 0.3) is 0 Å². The Balaban J connectivity index is 2.34. The van der Waals surface area contributed by atoms with Crippen molar-refractivity contribution < 1.29 is 0 Å². The molecule has 0 aromatic heterocycles. The molecule has 1 fully saturated rings. The van der Waals surface area contributed by atoms with E-state index in [1.165, 1.54) is 19.4 Å². The van der Waals surface area contributed by atoms with Gasteiger partial charge in [0, 0.05) is 31.7 Å². The number of nitrogens with one attached hydrogen (secondary N) is 3. The molecular formula is C14H32N4. The molecule has 0 spiro atoms. The van der Waals surface area contributed by atoms with Crippen molar-refractivity contribution in [3.8, 4) is 0 Å². The number of hydrogen-bond acceptors (Lipinski definition) is 4. The Morgan fingerprint density at radius 3 is 1.83 bits per heavy atom. The largest absolute Gasteiger partial charge is 0.315 e. The van der Waals surface area contributed by atoms with E-state index in [0.29, 0.717) is 0 Å². The second-order valence-electron chi connectivity index (χ2n) is 6.11. The third-order valence-electron chi connectivity index (χ3n) is 3.47. The summed E-state index contributed by atoms with van der Waals surface area (Å²) in [6.07, 6.45) is 2.45. The van der Waals surface area contributed by atoms with Crippen LogP contribution >= 0.6 is 0 Å². The Labute approximate surface area is 113 Å². The molecule has 0 unspecified atom stereocenters. The first kappa shape index (κ1) is 15.9. The van der Waals surface area contributed by atoms with Crippen molar-refractivity contribution in [1.82, 2.24) is 20.9 Å². The Morgan fingerprint density at radius 1 is 0.667 bits per heavy atom. The van der Waals surface area contributed by atoms with Gasteiger partial charge >= 0.3 is 0 Å². The van der Waals surface area contributed by atoms with Crippen LogP contribution in [-0.4, -0.2) is 62.8 Å². The van der Waals surface area contributed by atoms with Gasteiger partial charge < -0.3 is 16.0 Å². The first-order valence-corrected chi connectivity index (χ1v) is 7.48. The maximum Gasteiger partial charge on any atom is 0.0125 e. The molecule has 4 nitrogen and oxygen atoms in total. The minimum absolute atomic E-state index is 0.278. The summed E-state index contributed by atoms with van der Waals surface area (Å²) in [7, 11) is 0. The van der Waals surface area contributed by atoms with E-state index in [9.17, 15) is 0 Å². The zero-order chi connectivity index (χ0) is 13.3. The Morgan fingerprint density at radius 2 is 1.22 bits per heavy atom. The van der Waals surface area contributed by atoms with Gasteiger partial charge in [0.05, 0.1) is 0 Å². The van der Waals surface area contributed by atoms with E-state index < -0.39 is 0 Å². The van der Waals surface area contributed by atoms with Crippen molar-refractivity contribution in [3.05, 3.63) is 0 Å². The van der Waals surface area contributed by atoms with Gasteiger partial charge in [-0.2, -0.15) is 0 Å². The minimum Gasteiger partial charge on any atom is -0.315 e. The topological polar surface area (TPSA) is 39.3 Å². The van der Waals surface area contributed by atoms with E-state index in [0.717, 1.165) is 45.8 Å². The third-order valence-corrected chi connectivity index (χ3v) is 3.47. The lowest BCUT2D eigenvalue weighted by atomic mass is 10.1. The lowest BCUT2D eigenvalue weighted by Crippen LogP contribution is -2.46. The highest BCUT2D eigenvalue weighted by Gasteiger charge is 2.19. The highest BCUT2D eigenvalue weighted by atomic mass is 15.2. The van der Waals surface area contributed by atoms with Crippen molar-refractivity contribution in [2.75, 3.05) is 52.4 Å². The van der Waals surface area contributed by atoms with E-state index in [1.807, 2.05) is 0 Å². The molecule has 0 saturated carbocycles. The average Bonchev–Trinajstić information content (AvgIpc) is 2.30. The van der Waals surface area contributed by atoms with Gasteiger partial charge in [-0.1, -0.05) is 0 Å². The van der Waals surface area contributed by atoms with Crippen LogP contribution in [0.4, 0.5) is 0 Å². The van der Waals surface area contributed by atoms with Crippen molar-refractivity contribution in [3.63, 3.8) is 0 Å². The molecule has 1 saturated heterocycles. The zero-order valence-electron chi connectivity index (χ0n) is 12.5. The molecule has 0 aliphatic carbocycles. The number of nitrogens with zero attached hydrogens (tertiary/aromatic N) is 1. The van der Waals surface area contributed by atoms with Gasteiger partial charge in [-0.15, -0.1) is 0 Å². The fraction of sp³-hybridized carbons (Fsp3) is 1.00. The summed E-state index contributed by atoms with van der Waals surface area (Å²) in [5, 5.41) is 10.5. The molecule has 1 aliphatic rings. The molecule has 3 N–H and O–H groups in total. The summed E-state index contributed by atoms with van der Waals surface area (Å²) in [5.74, 6) is 0. The van der Waals surface area contributed by atoms with Crippen molar-refractivity contribution in [2.24, 2.45) is 0 Å². The van der Waals surface area contributed by atoms with Gasteiger partial charge in [-0.25, -0.2) is 0 Å². The Kier molecular flexibility index (Phi) is 7.82. The summed E-state index contributed by atoms with van der Waals surface area (Å²) in [5.41, 5.74) is 0.278. The van der Waals surface area contributed by atoms with Crippen molar-refractivity contribution in [2.45, 2.75) is 39.2 Å². The average molecular weight is 256 g/mol. The second kappa shape index (κ2) is 8.86. The first-order valence-electron chi connectivity index (χ1n) is 7.48. The molecule has 18 heavy (non-hydrogen) atoms. The predicted octanol–water partition coefficient (Wildman–Crippen LogP) is 0.650. The number of hydrogen-bond donors (Lipinski definition) is 3. The summed E-state index contributed by atoms with van der Waals surface area (Å²) in [4.78, 5) is 2.59. The smallest absolute Gasteiger partial charge is 0.0125 e. The van der Waals surface area contributed by atoms with E-state index in [2.05, 4.69) is 41.6 Å². The SMILES string of the molecule is CC(C)(C)N1CCCNCCNCCCNCC1. The normalized spacial score (nSPS) is 23.5. The molecule has 1 heterocycles. The maximum absolute atomic E-state index is 3.54. The van der Waals surface area contributed by atoms with Crippen LogP contribution in [0.3, 0.4) is 0 Å². The quantitative estimate of drug-likeness (QED) is 0.595. The second-order valence-corrected chi connectivity index (χ2v) is 6.11. The minimum atomic E-state index is 0.278. The molecular weight excluding hydrogens is 224 g/mol. The number of rotatable bonds is 0. The monoisotopic (exact) mass is 256 g/mol. The van der Waals surface area contributed by atoms with Crippen LogP contribution in [-0.2, 0) is 0 Å². The molecule has 1 aliphatic heterocycles. The molecule has 0 atom stereocenters. The van der Waals surface area contributed by atoms with Gasteiger partial charge in [0.1, 0.15) is 0 Å². The van der Waals surface area contributed by atoms with Gasteiger partial charge in [0.2, 0.25) is 0 Å².